The Hall–Kier alpha value is -2.50. The van der Waals surface area contributed by atoms with Gasteiger partial charge in [-0.05, 0) is 31.4 Å². The molecule has 1 unspecified atom stereocenters. The number of imidazole rings is 1. The number of aliphatic hydroxyl groups excluding tert-OH is 1. The molecule has 2 aromatic rings. The van der Waals surface area contributed by atoms with Crippen LogP contribution in [0.3, 0.4) is 0 Å². The van der Waals surface area contributed by atoms with Gasteiger partial charge in [0.2, 0.25) is 0 Å². The number of rotatable bonds is 6. The Morgan fingerprint density at radius 3 is 2.71 bits per heavy atom. The molecule has 1 aliphatic rings. The summed E-state index contributed by atoms with van der Waals surface area (Å²) in [6.07, 6.45) is 6.17. The molecule has 6 heteroatoms. The van der Waals surface area contributed by atoms with E-state index in [1.54, 1.807) is 17.4 Å². The van der Waals surface area contributed by atoms with Gasteiger partial charge in [0.05, 0.1) is 6.33 Å². The molecule has 24 heavy (non-hydrogen) atoms. The van der Waals surface area contributed by atoms with Crippen LogP contribution in [0.5, 0.6) is 0 Å². The fourth-order valence-electron chi connectivity index (χ4n) is 3.24. The third-order valence-corrected chi connectivity index (χ3v) is 4.37. The summed E-state index contributed by atoms with van der Waals surface area (Å²) >= 11 is 0. The van der Waals surface area contributed by atoms with Gasteiger partial charge in [0.15, 0.2) is 5.76 Å². The Labute approximate surface area is 141 Å². The van der Waals surface area contributed by atoms with E-state index < -0.39 is 0 Å². The van der Waals surface area contributed by atoms with Gasteiger partial charge < -0.3 is 19.0 Å². The van der Waals surface area contributed by atoms with Crippen molar-refractivity contribution < 1.29 is 14.3 Å². The first-order valence-corrected chi connectivity index (χ1v) is 8.25. The maximum atomic E-state index is 12.6. The van der Waals surface area contributed by atoms with Crippen molar-refractivity contribution in [2.75, 3.05) is 6.54 Å². The van der Waals surface area contributed by atoms with E-state index in [1.165, 1.54) is 0 Å². The molecule has 3 heterocycles. The van der Waals surface area contributed by atoms with Crippen LogP contribution in [0.1, 0.15) is 37.8 Å². The van der Waals surface area contributed by atoms with E-state index in [9.17, 15) is 9.90 Å². The minimum atomic E-state index is -0.325. The Bertz CT molecular complexity index is 743. The number of hydrogen-bond donors (Lipinski definition) is 1. The number of nitrogens with zero attached hydrogens (tertiary/aromatic N) is 3. The molecule has 1 aliphatic heterocycles. The van der Waals surface area contributed by atoms with Crippen molar-refractivity contribution >= 4 is 5.91 Å². The van der Waals surface area contributed by atoms with Crippen molar-refractivity contribution in [1.29, 1.82) is 0 Å². The molecule has 0 bridgehead atoms. The van der Waals surface area contributed by atoms with Gasteiger partial charge in [0, 0.05) is 31.1 Å². The number of carbonyl (C=O) groups excluding carboxylic acids is 1. The van der Waals surface area contributed by atoms with Crippen LogP contribution in [0.15, 0.2) is 46.6 Å². The van der Waals surface area contributed by atoms with Crippen molar-refractivity contribution in [3.8, 4) is 0 Å². The van der Waals surface area contributed by atoms with Crippen LogP contribution < -0.4 is 0 Å². The predicted molar refractivity (Wildman–Crippen MR) is 89.2 cm³/mol. The topological polar surface area (TPSA) is 71.5 Å². The second kappa shape index (κ2) is 6.55. The minimum Gasteiger partial charge on any atom is -0.503 e. The van der Waals surface area contributed by atoms with Crippen LogP contribution in [-0.2, 0) is 11.3 Å². The molecule has 6 nitrogen and oxygen atoms in total. The molecule has 0 aliphatic carbocycles. The van der Waals surface area contributed by atoms with Gasteiger partial charge in [0.1, 0.15) is 17.6 Å². The maximum Gasteiger partial charge on any atom is 0.289 e. The minimum absolute atomic E-state index is 0.0583. The Morgan fingerprint density at radius 2 is 2.12 bits per heavy atom. The number of carbonyl (C=O) groups is 1. The largest absolute Gasteiger partial charge is 0.503 e. The van der Waals surface area contributed by atoms with Crippen LogP contribution >= 0.6 is 0 Å². The summed E-state index contributed by atoms with van der Waals surface area (Å²) in [5.41, 5.74) is 0.733. The van der Waals surface area contributed by atoms with Crippen LogP contribution in [0.4, 0.5) is 0 Å². The molecule has 0 saturated heterocycles. The summed E-state index contributed by atoms with van der Waals surface area (Å²) in [6.45, 7) is 7.16. The van der Waals surface area contributed by atoms with Crippen molar-refractivity contribution in [2.24, 2.45) is 5.92 Å². The zero-order chi connectivity index (χ0) is 17.3. The van der Waals surface area contributed by atoms with E-state index >= 15 is 0 Å². The lowest BCUT2D eigenvalue weighted by Gasteiger charge is -2.26. The molecule has 0 spiro atoms. The number of amides is 1. The average Bonchev–Trinajstić information content (AvgIpc) is 3.23. The van der Waals surface area contributed by atoms with E-state index in [1.807, 2.05) is 43.7 Å². The molecule has 128 valence electrons. The number of furan rings is 1. The van der Waals surface area contributed by atoms with Crippen LogP contribution in [0.2, 0.25) is 0 Å². The van der Waals surface area contributed by atoms with E-state index in [2.05, 4.69) is 4.98 Å². The van der Waals surface area contributed by atoms with Gasteiger partial charge in [-0.1, -0.05) is 13.8 Å². The fraction of sp³-hybridized carbons (Fsp3) is 0.444. The Morgan fingerprint density at radius 1 is 1.33 bits per heavy atom. The molecule has 0 aromatic carbocycles. The predicted octanol–water partition coefficient (Wildman–Crippen LogP) is 3.23. The van der Waals surface area contributed by atoms with Gasteiger partial charge >= 0.3 is 0 Å². The van der Waals surface area contributed by atoms with E-state index in [-0.39, 0.29) is 23.6 Å². The smallest absolute Gasteiger partial charge is 0.289 e. The summed E-state index contributed by atoms with van der Waals surface area (Å²) in [6, 6.07) is 3.45. The first-order valence-electron chi connectivity index (χ1n) is 8.25. The zero-order valence-electron chi connectivity index (χ0n) is 14.3. The standard InChI is InChI=1S/C18H23N3O3/c1-12(2)15-16(14-6-5-13(3)24-14)21(18(23)17(15)22)9-4-8-20-10-7-19-11-20/h5-7,10-12,16,22H,4,8-9H2,1-3H3. The number of hydrogen-bond acceptors (Lipinski definition) is 4. The van der Waals surface area contributed by atoms with Crippen molar-refractivity contribution in [2.45, 2.75) is 39.8 Å². The number of aliphatic hydroxyl groups is 1. The first kappa shape index (κ1) is 16.4. The molecular weight excluding hydrogens is 306 g/mol. The molecule has 3 rings (SSSR count). The normalized spacial score (nSPS) is 18.2. The second-order valence-electron chi connectivity index (χ2n) is 6.46. The molecule has 1 atom stereocenters. The molecule has 0 radical (unpaired) electrons. The van der Waals surface area contributed by atoms with Gasteiger partial charge in [0.25, 0.3) is 5.91 Å². The third kappa shape index (κ3) is 2.96. The SMILES string of the molecule is Cc1ccc(C2C(C(C)C)=C(O)C(=O)N2CCCn2ccnc2)o1. The fourth-order valence-corrected chi connectivity index (χ4v) is 3.24. The number of aryl methyl sites for hydroxylation is 2. The summed E-state index contributed by atoms with van der Waals surface area (Å²) < 4.78 is 7.75. The molecule has 1 amide bonds. The lowest BCUT2D eigenvalue weighted by Crippen LogP contribution is -2.32. The third-order valence-electron chi connectivity index (χ3n) is 4.37. The second-order valence-corrected chi connectivity index (χ2v) is 6.46. The summed E-state index contributed by atoms with van der Waals surface area (Å²) in [5.74, 6) is 1.11. The highest BCUT2D eigenvalue weighted by Gasteiger charge is 2.42. The highest BCUT2D eigenvalue weighted by atomic mass is 16.3. The Kier molecular flexibility index (Phi) is 4.46. The molecule has 2 aromatic heterocycles. The highest BCUT2D eigenvalue weighted by molar-refractivity contribution is 5.95. The van der Waals surface area contributed by atoms with Crippen molar-refractivity contribution in [3.63, 3.8) is 0 Å². The van der Waals surface area contributed by atoms with E-state index in [4.69, 9.17) is 4.42 Å². The van der Waals surface area contributed by atoms with Gasteiger partial charge in [-0.2, -0.15) is 0 Å². The lowest BCUT2D eigenvalue weighted by atomic mass is 9.95. The number of aromatic nitrogens is 2. The maximum absolute atomic E-state index is 12.6. The molecular formula is C18H23N3O3. The van der Waals surface area contributed by atoms with E-state index in [0.29, 0.717) is 12.3 Å². The first-order chi connectivity index (χ1) is 11.5. The quantitative estimate of drug-likeness (QED) is 0.883. The molecule has 0 fully saturated rings. The molecule has 1 N–H and O–H groups in total. The zero-order valence-corrected chi connectivity index (χ0v) is 14.3. The van der Waals surface area contributed by atoms with Crippen LogP contribution in [0, 0.1) is 12.8 Å². The van der Waals surface area contributed by atoms with Gasteiger partial charge in [-0.25, -0.2) is 4.98 Å². The lowest BCUT2D eigenvalue weighted by molar-refractivity contribution is -0.129. The summed E-state index contributed by atoms with van der Waals surface area (Å²) in [4.78, 5) is 18.3. The average molecular weight is 329 g/mol. The highest BCUT2D eigenvalue weighted by Crippen LogP contribution is 2.41. The monoisotopic (exact) mass is 329 g/mol. The van der Waals surface area contributed by atoms with Crippen LogP contribution in [-0.4, -0.2) is 32.0 Å². The summed E-state index contributed by atoms with van der Waals surface area (Å²) in [5, 5.41) is 10.4. The van der Waals surface area contributed by atoms with Crippen molar-refractivity contribution in [1.82, 2.24) is 14.5 Å². The van der Waals surface area contributed by atoms with E-state index in [0.717, 1.165) is 24.3 Å². The van der Waals surface area contributed by atoms with Gasteiger partial charge in [-0.15, -0.1) is 0 Å². The van der Waals surface area contributed by atoms with Gasteiger partial charge in [-0.3, -0.25) is 4.79 Å². The summed E-state index contributed by atoms with van der Waals surface area (Å²) in [7, 11) is 0. The molecule has 0 saturated carbocycles. The van der Waals surface area contributed by atoms with Crippen LogP contribution in [0.25, 0.3) is 0 Å². The van der Waals surface area contributed by atoms with Crippen molar-refractivity contribution in [3.05, 3.63) is 53.7 Å². The Balaban J connectivity index is 1.82.